The molecular weight excluding hydrogens is 472 g/mol. The standard InChI is InChI=1S/C29H34N2O6/c1-21(2)16-17-35-26-18-24(14-15-25(26)34-3)27(30-28(32)36-19-22-10-6-4-7-11-22)31-29(33)37-20-23-12-8-5-9-13-23/h4-15,18,21,27H,16-17,19-20H2,1-3H3,(H,30,32)(H,31,33). The van der Waals surface area contributed by atoms with Crippen molar-refractivity contribution in [3.8, 4) is 11.5 Å². The Morgan fingerprint density at radius 3 is 1.78 bits per heavy atom. The Morgan fingerprint density at radius 1 is 0.757 bits per heavy atom. The molecule has 0 spiro atoms. The van der Waals surface area contributed by atoms with Gasteiger partial charge in [0.2, 0.25) is 0 Å². The van der Waals surface area contributed by atoms with E-state index >= 15 is 0 Å². The van der Waals surface area contributed by atoms with Crippen LogP contribution in [-0.4, -0.2) is 25.9 Å². The first-order valence-corrected chi connectivity index (χ1v) is 12.2. The van der Waals surface area contributed by atoms with Gasteiger partial charge in [-0.2, -0.15) is 0 Å². The van der Waals surface area contributed by atoms with Gasteiger partial charge in [-0.15, -0.1) is 0 Å². The van der Waals surface area contributed by atoms with Crippen LogP contribution in [0, 0.1) is 5.92 Å². The third kappa shape index (κ3) is 9.40. The maximum Gasteiger partial charge on any atom is 0.409 e. The molecule has 0 unspecified atom stereocenters. The number of carbonyl (C=O) groups excluding carboxylic acids is 2. The van der Waals surface area contributed by atoms with Crippen LogP contribution in [0.1, 0.15) is 43.1 Å². The smallest absolute Gasteiger partial charge is 0.409 e. The van der Waals surface area contributed by atoms with E-state index < -0.39 is 18.4 Å². The van der Waals surface area contributed by atoms with Crippen molar-refractivity contribution in [3.63, 3.8) is 0 Å². The average Bonchev–Trinajstić information content (AvgIpc) is 2.91. The second kappa shape index (κ2) is 14.4. The predicted octanol–water partition coefficient (Wildman–Crippen LogP) is 5.97. The van der Waals surface area contributed by atoms with Crippen molar-refractivity contribution >= 4 is 12.2 Å². The lowest BCUT2D eigenvalue weighted by atomic mass is 10.1. The van der Waals surface area contributed by atoms with Crippen LogP contribution in [0.5, 0.6) is 11.5 Å². The zero-order valence-electron chi connectivity index (χ0n) is 21.4. The monoisotopic (exact) mass is 506 g/mol. The number of amides is 2. The first-order valence-electron chi connectivity index (χ1n) is 12.2. The van der Waals surface area contributed by atoms with Crippen molar-refractivity contribution in [2.24, 2.45) is 5.92 Å². The number of hydrogen-bond donors (Lipinski definition) is 2. The van der Waals surface area contributed by atoms with E-state index in [9.17, 15) is 9.59 Å². The van der Waals surface area contributed by atoms with Crippen LogP contribution in [0.25, 0.3) is 0 Å². The summed E-state index contributed by atoms with van der Waals surface area (Å²) in [6.45, 7) is 4.90. The molecule has 0 fully saturated rings. The molecule has 2 N–H and O–H groups in total. The lowest BCUT2D eigenvalue weighted by molar-refractivity contribution is 0.122. The molecule has 0 atom stereocenters. The molecule has 0 aliphatic rings. The molecule has 0 radical (unpaired) electrons. The molecule has 0 aliphatic heterocycles. The van der Waals surface area contributed by atoms with Crippen molar-refractivity contribution in [2.45, 2.75) is 39.6 Å². The minimum atomic E-state index is -0.940. The highest BCUT2D eigenvalue weighted by molar-refractivity contribution is 5.71. The molecule has 0 aromatic heterocycles. The molecule has 8 nitrogen and oxygen atoms in total. The average molecular weight is 507 g/mol. The van der Waals surface area contributed by atoms with Crippen LogP contribution in [0.2, 0.25) is 0 Å². The molecule has 3 aromatic rings. The maximum absolute atomic E-state index is 12.6. The summed E-state index contributed by atoms with van der Waals surface area (Å²) in [6.07, 6.45) is -1.47. The lowest BCUT2D eigenvalue weighted by Crippen LogP contribution is -2.41. The first-order chi connectivity index (χ1) is 17.9. The quantitative estimate of drug-likeness (QED) is 0.294. The van der Waals surface area contributed by atoms with Gasteiger partial charge in [-0.05, 0) is 41.2 Å². The Morgan fingerprint density at radius 2 is 1.30 bits per heavy atom. The lowest BCUT2D eigenvalue weighted by Gasteiger charge is -2.22. The highest BCUT2D eigenvalue weighted by Gasteiger charge is 2.21. The molecule has 3 rings (SSSR count). The van der Waals surface area contributed by atoms with E-state index in [2.05, 4.69) is 24.5 Å². The third-order valence-electron chi connectivity index (χ3n) is 5.42. The van der Waals surface area contributed by atoms with Gasteiger partial charge in [-0.1, -0.05) is 80.6 Å². The third-order valence-corrected chi connectivity index (χ3v) is 5.42. The van der Waals surface area contributed by atoms with Crippen LogP contribution in [-0.2, 0) is 22.7 Å². The Labute approximate surface area is 217 Å². The Balaban J connectivity index is 1.73. The number of nitrogens with one attached hydrogen (secondary N) is 2. The fourth-order valence-electron chi connectivity index (χ4n) is 3.36. The summed E-state index contributed by atoms with van der Waals surface area (Å²) in [4.78, 5) is 25.3. The molecule has 0 aliphatic carbocycles. The second-order valence-electron chi connectivity index (χ2n) is 8.79. The molecule has 0 saturated carbocycles. The largest absolute Gasteiger partial charge is 0.493 e. The minimum Gasteiger partial charge on any atom is -0.493 e. The first kappa shape index (κ1) is 27.4. The van der Waals surface area contributed by atoms with Crippen LogP contribution in [0.3, 0.4) is 0 Å². The fraction of sp³-hybridized carbons (Fsp3) is 0.310. The summed E-state index contributed by atoms with van der Waals surface area (Å²) in [5, 5.41) is 5.40. The van der Waals surface area contributed by atoms with E-state index in [-0.39, 0.29) is 13.2 Å². The summed E-state index contributed by atoms with van der Waals surface area (Å²) < 4.78 is 22.1. The molecule has 0 saturated heterocycles. The van der Waals surface area contributed by atoms with Crippen LogP contribution in [0.4, 0.5) is 9.59 Å². The van der Waals surface area contributed by atoms with Crippen molar-refractivity contribution < 1.29 is 28.5 Å². The van der Waals surface area contributed by atoms with Gasteiger partial charge in [-0.25, -0.2) is 9.59 Å². The zero-order chi connectivity index (χ0) is 26.5. The fourth-order valence-corrected chi connectivity index (χ4v) is 3.36. The SMILES string of the molecule is COc1ccc(C(NC(=O)OCc2ccccc2)NC(=O)OCc2ccccc2)cc1OCCC(C)C. The predicted molar refractivity (Wildman–Crippen MR) is 140 cm³/mol. The second-order valence-corrected chi connectivity index (χ2v) is 8.79. The summed E-state index contributed by atoms with van der Waals surface area (Å²) in [7, 11) is 1.56. The summed E-state index contributed by atoms with van der Waals surface area (Å²) in [5.41, 5.74) is 2.25. The molecule has 3 aromatic carbocycles. The van der Waals surface area contributed by atoms with Gasteiger partial charge in [-0.3, -0.25) is 10.6 Å². The number of methoxy groups -OCH3 is 1. The minimum absolute atomic E-state index is 0.0873. The molecule has 2 amide bonds. The molecule has 196 valence electrons. The highest BCUT2D eigenvalue weighted by atomic mass is 16.6. The van der Waals surface area contributed by atoms with Crippen molar-refractivity contribution in [1.82, 2.24) is 10.6 Å². The molecule has 8 heteroatoms. The van der Waals surface area contributed by atoms with Crippen molar-refractivity contribution in [2.75, 3.05) is 13.7 Å². The molecule has 0 bridgehead atoms. The van der Waals surface area contributed by atoms with E-state index in [0.29, 0.717) is 29.6 Å². The maximum atomic E-state index is 12.6. The Bertz CT molecular complexity index is 1060. The van der Waals surface area contributed by atoms with Gasteiger partial charge in [0.25, 0.3) is 0 Å². The Kier molecular flexibility index (Phi) is 10.6. The number of hydrogen-bond acceptors (Lipinski definition) is 6. The highest BCUT2D eigenvalue weighted by Crippen LogP contribution is 2.30. The van der Waals surface area contributed by atoms with E-state index in [1.165, 1.54) is 0 Å². The van der Waals surface area contributed by atoms with Crippen molar-refractivity contribution in [1.29, 1.82) is 0 Å². The van der Waals surface area contributed by atoms with Crippen LogP contribution in [0.15, 0.2) is 78.9 Å². The van der Waals surface area contributed by atoms with E-state index in [0.717, 1.165) is 17.5 Å². The molecular formula is C29H34N2O6. The van der Waals surface area contributed by atoms with Gasteiger partial charge in [0.1, 0.15) is 19.4 Å². The number of ether oxygens (including phenoxy) is 4. The van der Waals surface area contributed by atoms with Gasteiger partial charge in [0.05, 0.1) is 13.7 Å². The van der Waals surface area contributed by atoms with Crippen LogP contribution >= 0.6 is 0 Å². The Hall–Kier alpha value is -4.20. The van der Waals surface area contributed by atoms with Crippen LogP contribution < -0.4 is 20.1 Å². The van der Waals surface area contributed by atoms with E-state index in [1.807, 2.05) is 60.7 Å². The van der Waals surface area contributed by atoms with Gasteiger partial charge in [0, 0.05) is 0 Å². The normalized spacial score (nSPS) is 10.6. The number of carbonyl (C=O) groups is 2. The number of alkyl carbamates (subject to hydrolysis) is 2. The number of rotatable bonds is 12. The summed E-state index contributed by atoms with van der Waals surface area (Å²) >= 11 is 0. The van der Waals surface area contributed by atoms with Gasteiger partial charge < -0.3 is 18.9 Å². The zero-order valence-corrected chi connectivity index (χ0v) is 21.4. The van der Waals surface area contributed by atoms with E-state index in [4.69, 9.17) is 18.9 Å². The number of benzene rings is 3. The van der Waals surface area contributed by atoms with Crippen molar-refractivity contribution in [3.05, 3.63) is 95.6 Å². The summed E-state index contributed by atoms with van der Waals surface area (Å²) in [6, 6.07) is 23.8. The van der Waals surface area contributed by atoms with Gasteiger partial charge >= 0.3 is 12.2 Å². The summed E-state index contributed by atoms with van der Waals surface area (Å²) in [5.74, 6) is 1.53. The topological polar surface area (TPSA) is 95.1 Å². The van der Waals surface area contributed by atoms with Gasteiger partial charge in [0.15, 0.2) is 11.5 Å². The molecule has 37 heavy (non-hydrogen) atoms. The van der Waals surface area contributed by atoms with E-state index in [1.54, 1.807) is 25.3 Å². The molecule has 0 heterocycles.